The summed E-state index contributed by atoms with van der Waals surface area (Å²) in [6.07, 6.45) is -3.34. The Balaban J connectivity index is 1.64. The highest BCUT2D eigenvalue weighted by atomic mass is 35.5. The van der Waals surface area contributed by atoms with Gasteiger partial charge in [-0.2, -0.15) is 8.78 Å². The van der Waals surface area contributed by atoms with Gasteiger partial charge in [-0.05, 0) is 35.4 Å². The van der Waals surface area contributed by atoms with E-state index in [1.54, 1.807) is 36.4 Å². The van der Waals surface area contributed by atoms with Crippen molar-refractivity contribution >= 4 is 11.6 Å². The fourth-order valence-corrected chi connectivity index (χ4v) is 2.51. The first-order chi connectivity index (χ1) is 13.3. The molecule has 0 aliphatic rings. The van der Waals surface area contributed by atoms with E-state index >= 15 is 0 Å². The number of rotatable bonds is 8. The second-order valence-corrected chi connectivity index (χ2v) is 6.50. The van der Waals surface area contributed by atoms with Crippen LogP contribution in [0.4, 0.5) is 17.6 Å². The van der Waals surface area contributed by atoms with Crippen LogP contribution in [0.2, 0.25) is 5.02 Å². The molecule has 3 aromatic rings. The molecule has 1 aromatic heterocycles. The molecule has 0 unspecified atom stereocenters. The lowest BCUT2D eigenvalue weighted by Gasteiger charge is -2.15. The second kappa shape index (κ2) is 8.70. The molecule has 9 heteroatoms. The number of halogens is 5. The second-order valence-electron chi connectivity index (χ2n) is 6.06. The van der Waals surface area contributed by atoms with Gasteiger partial charge in [0.15, 0.2) is 0 Å². The largest absolute Gasteiger partial charge is 0.420 e. The minimum atomic E-state index is -4.18. The van der Waals surface area contributed by atoms with E-state index in [4.69, 9.17) is 20.8 Å². The van der Waals surface area contributed by atoms with Gasteiger partial charge in [0, 0.05) is 10.6 Å². The average Bonchev–Trinajstić information content (AvgIpc) is 3.12. The van der Waals surface area contributed by atoms with Gasteiger partial charge in [-0.25, -0.2) is 8.78 Å². The zero-order valence-electron chi connectivity index (χ0n) is 14.4. The topological polar surface area (TPSA) is 48.2 Å². The van der Waals surface area contributed by atoms with Crippen LogP contribution < -0.4 is 0 Å². The maximum absolute atomic E-state index is 12.9. The molecule has 4 nitrogen and oxygen atoms in total. The molecule has 0 N–H and O–H groups in total. The van der Waals surface area contributed by atoms with Crippen LogP contribution in [0.5, 0.6) is 0 Å². The maximum atomic E-state index is 12.9. The third kappa shape index (κ3) is 5.30. The van der Waals surface area contributed by atoms with Gasteiger partial charge in [-0.3, -0.25) is 0 Å². The molecule has 0 radical (unpaired) electrons. The van der Waals surface area contributed by atoms with Crippen molar-refractivity contribution in [3.05, 3.63) is 70.6 Å². The molecule has 148 valence electrons. The summed E-state index contributed by atoms with van der Waals surface area (Å²) in [5.74, 6) is -3.53. The highest BCUT2D eigenvalue weighted by Gasteiger charge is 2.40. The monoisotopic (exact) mass is 414 g/mol. The predicted molar refractivity (Wildman–Crippen MR) is 94.6 cm³/mol. The molecule has 1 heterocycles. The molecule has 0 aliphatic carbocycles. The van der Waals surface area contributed by atoms with Crippen molar-refractivity contribution < 1.29 is 26.7 Å². The van der Waals surface area contributed by atoms with E-state index in [0.29, 0.717) is 28.5 Å². The Hall–Kier alpha value is -2.45. The lowest BCUT2D eigenvalue weighted by Crippen LogP contribution is -2.32. The molecule has 28 heavy (non-hydrogen) atoms. The van der Waals surface area contributed by atoms with Crippen molar-refractivity contribution in [2.45, 2.75) is 25.4 Å². The van der Waals surface area contributed by atoms with Gasteiger partial charge in [-0.15, -0.1) is 10.2 Å². The molecule has 0 fully saturated rings. The first kappa shape index (κ1) is 20.3. The zero-order chi connectivity index (χ0) is 20.1. The Morgan fingerprint density at radius 1 is 1.04 bits per heavy atom. The van der Waals surface area contributed by atoms with Crippen LogP contribution in [0.15, 0.2) is 52.9 Å². The molecular weight excluding hydrogens is 400 g/mol. The number of alkyl halides is 4. The lowest BCUT2D eigenvalue weighted by atomic mass is 10.1. The zero-order valence-corrected chi connectivity index (χ0v) is 15.2. The van der Waals surface area contributed by atoms with Crippen molar-refractivity contribution in [1.82, 2.24) is 10.2 Å². The van der Waals surface area contributed by atoms with Gasteiger partial charge in [0.05, 0.1) is 13.0 Å². The van der Waals surface area contributed by atoms with E-state index in [-0.39, 0.29) is 12.5 Å². The number of nitrogens with zero attached hydrogens (tertiary/aromatic N) is 2. The summed E-state index contributed by atoms with van der Waals surface area (Å²) in [5, 5.41) is 8.60. The van der Waals surface area contributed by atoms with Crippen LogP contribution in [0.1, 0.15) is 17.0 Å². The van der Waals surface area contributed by atoms with Crippen LogP contribution in [0.25, 0.3) is 11.5 Å². The quantitative estimate of drug-likeness (QED) is 0.463. The van der Waals surface area contributed by atoms with Crippen molar-refractivity contribution in [2.75, 3.05) is 6.61 Å². The van der Waals surface area contributed by atoms with Crippen LogP contribution in [0.3, 0.4) is 0 Å². The number of ether oxygens (including phenoxy) is 1. The number of benzene rings is 2. The Bertz CT molecular complexity index is 916. The summed E-state index contributed by atoms with van der Waals surface area (Å²) in [5.41, 5.74) is 2.03. The summed E-state index contributed by atoms with van der Waals surface area (Å²) in [4.78, 5) is 0. The van der Waals surface area contributed by atoms with Gasteiger partial charge in [-0.1, -0.05) is 35.9 Å². The maximum Gasteiger partial charge on any atom is 0.330 e. The Kier molecular flexibility index (Phi) is 6.31. The SMILES string of the molecule is FC(F)C(F)(F)COCc1cccc(-c2nnc(Cc3ccc(Cl)cc3)o2)c1. The number of hydrogen-bond donors (Lipinski definition) is 0. The van der Waals surface area contributed by atoms with Crippen LogP contribution >= 0.6 is 11.6 Å². The van der Waals surface area contributed by atoms with E-state index < -0.39 is 19.0 Å². The summed E-state index contributed by atoms with van der Waals surface area (Å²) in [6.45, 7) is -1.61. The van der Waals surface area contributed by atoms with Gasteiger partial charge in [0.25, 0.3) is 0 Å². The minimum Gasteiger partial charge on any atom is -0.420 e. The Morgan fingerprint density at radius 2 is 1.79 bits per heavy atom. The summed E-state index contributed by atoms with van der Waals surface area (Å²) in [7, 11) is 0. The normalized spacial score (nSPS) is 11.9. The fourth-order valence-electron chi connectivity index (χ4n) is 2.38. The van der Waals surface area contributed by atoms with Crippen LogP contribution in [-0.4, -0.2) is 29.2 Å². The number of aromatic nitrogens is 2. The van der Waals surface area contributed by atoms with Crippen molar-refractivity contribution in [1.29, 1.82) is 0 Å². The minimum absolute atomic E-state index is 0.248. The van der Waals surface area contributed by atoms with Crippen LogP contribution in [0, 0.1) is 0 Å². The van der Waals surface area contributed by atoms with E-state index in [0.717, 1.165) is 5.56 Å². The molecule has 3 rings (SSSR count). The molecule has 0 bridgehead atoms. The first-order valence-electron chi connectivity index (χ1n) is 8.23. The van der Waals surface area contributed by atoms with Crippen molar-refractivity contribution in [2.24, 2.45) is 0 Å². The van der Waals surface area contributed by atoms with Crippen molar-refractivity contribution in [3.8, 4) is 11.5 Å². The van der Waals surface area contributed by atoms with Crippen molar-refractivity contribution in [3.63, 3.8) is 0 Å². The summed E-state index contributed by atoms with van der Waals surface area (Å²) in [6, 6.07) is 13.8. The van der Waals surface area contributed by atoms with Gasteiger partial charge in [0.2, 0.25) is 11.8 Å². The average molecular weight is 415 g/mol. The van der Waals surface area contributed by atoms with E-state index in [1.165, 1.54) is 0 Å². The molecule has 0 amide bonds. The highest BCUT2D eigenvalue weighted by Crippen LogP contribution is 2.24. The molecular formula is C19H15ClF4N2O2. The third-order valence-electron chi connectivity index (χ3n) is 3.79. The molecule has 0 aliphatic heterocycles. The lowest BCUT2D eigenvalue weighted by molar-refractivity contribution is -0.168. The Labute approximate surface area is 163 Å². The smallest absolute Gasteiger partial charge is 0.330 e. The molecule has 0 saturated heterocycles. The molecule has 0 spiro atoms. The number of hydrogen-bond acceptors (Lipinski definition) is 4. The standard InChI is InChI=1S/C19H15ClF4N2O2/c20-15-6-4-12(5-7-15)9-16-25-26-17(28-16)14-3-1-2-13(8-14)10-27-11-19(23,24)18(21)22/h1-8,18H,9-11H2. The van der Waals surface area contributed by atoms with Gasteiger partial charge in [0.1, 0.15) is 6.61 Å². The van der Waals surface area contributed by atoms with Gasteiger partial charge >= 0.3 is 12.3 Å². The van der Waals surface area contributed by atoms with E-state index in [1.807, 2.05) is 12.1 Å². The Morgan fingerprint density at radius 3 is 2.50 bits per heavy atom. The molecule has 2 aromatic carbocycles. The highest BCUT2D eigenvalue weighted by molar-refractivity contribution is 6.30. The summed E-state index contributed by atoms with van der Waals surface area (Å²) >= 11 is 5.85. The molecule has 0 saturated carbocycles. The van der Waals surface area contributed by atoms with Crippen LogP contribution in [-0.2, 0) is 17.8 Å². The fraction of sp³-hybridized carbons (Fsp3) is 0.263. The van der Waals surface area contributed by atoms with Gasteiger partial charge < -0.3 is 9.15 Å². The van der Waals surface area contributed by atoms with E-state index in [9.17, 15) is 17.6 Å². The third-order valence-corrected chi connectivity index (χ3v) is 4.04. The molecule has 0 atom stereocenters. The first-order valence-corrected chi connectivity index (χ1v) is 8.61. The van der Waals surface area contributed by atoms with E-state index in [2.05, 4.69) is 10.2 Å². The predicted octanol–water partition coefficient (Wildman–Crippen LogP) is 5.40. The summed E-state index contributed by atoms with van der Waals surface area (Å²) < 4.78 is 60.4.